The molecule has 0 unspecified atom stereocenters. The second kappa shape index (κ2) is 7.46. The van der Waals surface area contributed by atoms with Crippen molar-refractivity contribution < 1.29 is 14.3 Å². The standard InChI is InChI=1S/C15H21NO3/c1-11(9-12(2)17)16-8-7-13-5-6-14(18-3)15(10-13)19-4/h5-6,9-10,16H,7-8H2,1-4H3/b11-9-. The molecule has 0 aliphatic heterocycles. The summed E-state index contributed by atoms with van der Waals surface area (Å²) in [5.41, 5.74) is 2.04. The highest BCUT2D eigenvalue weighted by molar-refractivity contribution is 5.87. The van der Waals surface area contributed by atoms with Gasteiger partial charge in [-0.25, -0.2) is 0 Å². The second-order valence-electron chi connectivity index (χ2n) is 4.30. The van der Waals surface area contributed by atoms with Crippen molar-refractivity contribution in [3.8, 4) is 11.5 Å². The number of carbonyl (C=O) groups excluding carboxylic acids is 1. The third-order valence-electron chi connectivity index (χ3n) is 2.69. The molecule has 0 aromatic heterocycles. The molecule has 1 aromatic rings. The molecule has 1 N–H and O–H groups in total. The van der Waals surface area contributed by atoms with Crippen molar-refractivity contribution in [2.24, 2.45) is 0 Å². The van der Waals surface area contributed by atoms with Gasteiger partial charge in [0.1, 0.15) is 0 Å². The van der Waals surface area contributed by atoms with Crippen molar-refractivity contribution in [2.75, 3.05) is 20.8 Å². The van der Waals surface area contributed by atoms with Crippen molar-refractivity contribution in [1.82, 2.24) is 5.32 Å². The summed E-state index contributed by atoms with van der Waals surface area (Å²) < 4.78 is 10.4. The van der Waals surface area contributed by atoms with E-state index in [1.165, 1.54) is 0 Å². The summed E-state index contributed by atoms with van der Waals surface area (Å²) in [6.07, 6.45) is 2.44. The number of rotatable bonds is 7. The number of nitrogens with one attached hydrogen (secondary N) is 1. The van der Waals surface area contributed by atoms with E-state index in [1.54, 1.807) is 27.2 Å². The van der Waals surface area contributed by atoms with Gasteiger partial charge >= 0.3 is 0 Å². The Bertz CT molecular complexity index is 466. The summed E-state index contributed by atoms with van der Waals surface area (Å²) in [5.74, 6) is 1.51. The van der Waals surface area contributed by atoms with Gasteiger partial charge in [-0.1, -0.05) is 6.07 Å². The van der Waals surface area contributed by atoms with Crippen LogP contribution in [0.3, 0.4) is 0 Å². The molecule has 0 saturated heterocycles. The molecule has 0 saturated carbocycles. The summed E-state index contributed by atoms with van der Waals surface area (Å²) >= 11 is 0. The fraction of sp³-hybridized carbons (Fsp3) is 0.400. The minimum absolute atomic E-state index is 0.0520. The van der Waals surface area contributed by atoms with Crippen LogP contribution >= 0.6 is 0 Å². The highest BCUT2D eigenvalue weighted by atomic mass is 16.5. The van der Waals surface area contributed by atoms with Gasteiger partial charge < -0.3 is 14.8 Å². The van der Waals surface area contributed by atoms with Crippen LogP contribution in [0.25, 0.3) is 0 Å². The Morgan fingerprint density at radius 2 is 1.89 bits per heavy atom. The molecule has 0 aliphatic rings. The molecule has 1 rings (SSSR count). The van der Waals surface area contributed by atoms with Crippen molar-refractivity contribution in [1.29, 1.82) is 0 Å². The summed E-state index contributed by atoms with van der Waals surface area (Å²) in [5, 5.41) is 3.20. The van der Waals surface area contributed by atoms with Crippen LogP contribution in [0.4, 0.5) is 0 Å². The number of ether oxygens (including phenoxy) is 2. The number of hydrogen-bond donors (Lipinski definition) is 1. The number of hydrogen-bond acceptors (Lipinski definition) is 4. The summed E-state index contributed by atoms with van der Waals surface area (Å²) in [6, 6.07) is 5.87. The fourth-order valence-electron chi connectivity index (χ4n) is 1.80. The number of carbonyl (C=O) groups is 1. The van der Waals surface area contributed by atoms with Crippen LogP contribution in [0.15, 0.2) is 30.0 Å². The van der Waals surface area contributed by atoms with Crippen LogP contribution < -0.4 is 14.8 Å². The average Bonchev–Trinajstić information content (AvgIpc) is 2.37. The zero-order valence-electron chi connectivity index (χ0n) is 11.9. The zero-order valence-corrected chi connectivity index (χ0v) is 11.9. The minimum atomic E-state index is 0.0520. The maximum absolute atomic E-state index is 10.9. The van der Waals surface area contributed by atoms with Crippen LogP contribution in [0, 0.1) is 0 Å². The maximum Gasteiger partial charge on any atom is 0.160 e. The molecular formula is C15H21NO3. The second-order valence-corrected chi connectivity index (χ2v) is 4.30. The van der Waals surface area contributed by atoms with E-state index in [9.17, 15) is 4.79 Å². The van der Waals surface area contributed by atoms with E-state index in [-0.39, 0.29) is 5.78 Å². The fourth-order valence-corrected chi connectivity index (χ4v) is 1.80. The lowest BCUT2D eigenvalue weighted by Gasteiger charge is -2.10. The maximum atomic E-state index is 10.9. The van der Waals surface area contributed by atoms with Gasteiger partial charge in [-0.05, 0) is 44.0 Å². The normalized spacial score (nSPS) is 11.1. The van der Waals surface area contributed by atoms with Crippen LogP contribution in [0.5, 0.6) is 11.5 Å². The molecule has 4 heteroatoms. The van der Waals surface area contributed by atoms with Crippen molar-refractivity contribution in [3.63, 3.8) is 0 Å². The average molecular weight is 263 g/mol. The first-order valence-corrected chi connectivity index (χ1v) is 6.20. The Labute approximate surface area is 114 Å². The first-order valence-electron chi connectivity index (χ1n) is 6.20. The zero-order chi connectivity index (χ0) is 14.3. The molecule has 0 heterocycles. The molecule has 0 atom stereocenters. The lowest BCUT2D eigenvalue weighted by molar-refractivity contribution is -0.112. The van der Waals surface area contributed by atoms with Gasteiger partial charge in [0.25, 0.3) is 0 Å². The molecule has 0 bridgehead atoms. The molecule has 0 fully saturated rings. The Balaban J connectivity index is 2.56. The van der Waals surface area contributed by atoms with E-state index >= 15 is 0 Å². The molecular weight excluding hydrogens is 242 g/mol. The molecule has 0 aliphatic carbocycles. The Morgan fingerprint density at radius 1 is 1.21 bits per heavy atom. The van der Waals surface area contributed by atoms with Gasteiger partial charge in [0.15, 0.2) is 17.3 Å². The molecule has 0 amide bonds. The SMILES string of the molecule is COc1ccc(CCN/C(C)=C\C(C)=O)cc1OC. The van der Waals surface area contributed by atoms with Crippen LogP contribution in [-0.4, -0.2) is 26.5 Å². The third kappa shape index (κ3) is 5.04. The Morgan fingerprint density at radius 3 is 2.47 bits per heavy atom. The Hall–Kier alpha value is -1.97. The highest BCUT2D eigenvalue weighted by Gasteiger charge is 2.04. The lowest BCUT2D eigenvalue weighted by Crippen LogP contribution is -2.15. The van der Waals surface area contributed by atoms with E-state index in [1.807, 2.05) is 25.1 Å². The van der Waals surface area contributed by atoms with Gasteiger partial charge in [0.2, 0.25) is 0 Å². The lowest BCUT2D eigenvalue weighted by atomic mass is 10.1. The van der Waals surface area contributed by atoms with Crippen molar-refractivity contribution in [2.45, 2.75) is 20.3 Å². The van der Waals surface area contributed by atoms with E-state index < -0.39 is 0 Å². The number of benzene rings is 1. The quantitative estimate of drug-likeness (QED) is 0.767. The van der Waals surface area contributed by atoms with Gasteiger partial charge in [-0.2, -0.15) is 0 Å². The summed E-state index contributed by atoms with van der Waals surface area (Å²) in [7, 11) is 3.24. The first-order chi connectivity index (χ1) is 9.06. The predicted octanol–water partition coefficient (Wildman–Crippen LogP) is 2.33. The topological polar surface area (TPSA) is 47.6 Å². The number of ketones is 1. The minimum Gasteiger partial charge on any atom is -0.493 e. The van der Waals surface area contributed by atoms with Crippen LogP contribution in [0.1, 0.15) is 19.4 Å². The summed E-state index contributed by atoms with van der Waals surface area (Å²) in [6.45, 7) is 4.20. The van der Waals surface area contributed by atoms with Gasteiger partial charge in [0.05, 0.1) is 14.2 Å². The largest absolute Gasteiger partial charge is 0.493 e. The van der Waals surface area contributed by atoms with Gasteiger partial charge in [-0.3, -0.25) is 4.79 Å². The van der Waals surface area contributed by atoms with E-state index in [0.717, 1.165) is 35.7 Å². The van der Waals surface area contributed by atoms with Crippen LogP contribution in [0.2, 0.25) is 0 Å². The number of methoxy groups -OCH3 is 2. The molecule has 4 nitrogen and oxygen atoms in total. The predicted molar refractivity (Wildman–Crippen MR) is 75.7 cm³/mol. The molecule has 0 spiro atoms. The van der Waals surface area contributed by atoms with E-state index in [2.05, 4.69) is 5.32 Å². The van der Waals surface area contributed by atoms with E-state index in [4.69, 9.17) is 9.47 Å². The van der Waals surface area contributed by atoms with Crippen molar-refractivity contribution in [3.05, 3.63) is 35.5 Å². The van der Waals surface area contributed by atoms with Crippen LogP contribution in [-0.2, 0) is 11.2 Å². The smallest absolute Gasteiger partial charge is 0.160 e. The van der Waals surface area contributed by atoms with E-state index in [0.29, 0.717) is 0 Å². The highest BCUT2D eigenvalue weighted by Crippen LogP contribution is 2.27. The third-order valence-corrected chi connectivity index (χ3v) is 2.69. The molecule has 19 heavy (non-hydrogen) atoms. The molecule has 104 valence electrons. The molecule has 0 radical (unpaired) electrons. The summed E-state index contributed by atoms with van der Waals surface area (Å²) in [4.78, 5) is 10.9. The van der Waals surface area contributed by atoms with Gasteiger partial charge in [-0.15, -0.1) is 0 Å². The first kappa shape index (κ1) is 15.1. The number of allylic oxidation sites excluding steroid dienone is 2. The van der Waals surface area contributed by atoms with Gasteiger partial charge in [0, 0.05) is 12.2 Å². The monoisotopic (exact) mass is 263 g/mol. The Kier molecular flexibility index (Phi) is 5.93. The van der Waals surface area contributed by atoms with Crippen molar-refractivity contribution >= 4 is 5.78 Å². The molecule has 1 aromatic carbocycles.